The number of benzene rings is 1. The molecule has 1 aliphatic carbocycles. The van der Waals surface area contributed by atoms with Crippen LogP contribution in [0, 0.1) is 17.7 Å². The molecule has 26 heavy (non-hydrogen) atoms. The molecule has 6 nitrogen and oxygen atoms in total. The van der Waals surface area contributed by atoms with Gasteiger partial charge in [0, 0.05) is 17.5 Å². The molecule has 0 saturated carbocycles. The predicted octanol–water partition coefficient (Wildman–Crippen LogP) is 2.35. The number of carbonyl (C=O) groups excluding carboxylic acids is 1. The molecule has 7 heteroatoms. The number of hydrogen-bond acceptors (Lipinski definition) is 4. The van der Waals surface area contributed by atoms with Gasteiger partial charge in [-0.15, -0.1) is 0 Å². The van der Waals surface area contributed by atoms with Gasteiger partial charge in [-0.05, 0) is 31.4 Å². The summed E-state index contributed by atoms with van der Waals surface area (Å²) in [7, 11) is 0. The number of hydrogen-bond donors (Lipinski definition) is 1. The van der Waals surface area contributed by atoms with Gasteiger partial charge in [0.05, 0.1) is 12.1 Å². The Bertz CT molecular complexity index is 820. The third-order valence-corrected chi connectivity index (χ3v) is 5.49. The van der Waals surface area contributed by atoms with Gasteiger partial charge < -0.3 is 19.6 Å². The molecule has 1 amide bonds. The normalized spacial score (nSPS) is 29.3. The number of nitrogens with zero attached hydrogens (tertiary/aromatic N) is 2. The third kappa shape index (κ3) is 2.67. The average molecular weight is 361 g/mol. The van der Waals surface area contributed by atoms with E-state index in [4.69, 9.17) is 4.74 Å². The van der Waals surface area contributed by atoms with E-state index in [0.717, 1.165) is 0 Å². The van der Waals surface area contributed by atoms with E-state index in [1.807, 2.05) is 13.8 Å². The van der Waals surface area contributed by atoms with Crippen LogP contribution in [0.1, 0.15) is 31.4 Å². The highest BCUT2D eigenvalue weighted by atomic mass is 19.1. The number of fused-ring (bicyclic) bond motifs is 2. The van der Waals surface area contributed by atoms with Crippen molar-refractivity contribution in [3.05, 3.63) is 40.7 Å². The monoisotopic (exact) mass is 361 g/mol. The van der Waals surface area contributed by atoms with Crippen LogP contribution >= 0.6 is 0 Å². The summed E-state index contributed by atoms with van der Waals surface area (Å²) in [6.45, 7) is 4.92. The van der Waals surface area contributed by atoms with E-state index in [0.29, 0.717) is 29.9 Å². The fourth-order valence-corrected chi connectivity index (χ4v) is 4.49. The van der Waals surface area contributed by atoms with Crippen molar-refractivity contribution in [3.8, 4) is 5.75 Å². The smallest absolute Gasteiger partial charge is 0.295 e. The van der Waals surface area contributed by atoms with E-state index in [1.165, 1.54) is 17.7 Å². The van der Waals surface area contributed by atoms with Crippen LogP contribution in [0.2, 0.25) is 0 Å². The van der Waals surface area contributed by atoms with Crippen LogP contribution in [0.15, 0.2) is 28.9 Å². The lowest BCUT2D eigenvalue weighted by molar-refractivity contribution is -0.147. The molecule has 1 saturated heterocycles. The molecule has 1 aromatic carbocycles. The van der Waals surface area contributed by atoms with Crippen LogP contribution in [0.3, 0.4) is 0 Å². The Morgan fingerprint density at radius 2 is 2.27 bits per heavy atom. The second kappa shape index (κ2) is 6.39. The van der Waals surface area contributed by atoms with Gasteiger partial charge in [0.2, 0.25) is 0 Å². The van der Waals surface area contributed by atoms with Crippen molar-refractivity contribution in [2.45, 2.75) is 39.5 Å². The molecule has 0 spiro atoms. The van der Waals surface area contributed by atoms with Crippen molar-refractivity contribution in [1.82, 2.24) is 4.90 Å². The fourth-order valence-electron chi connectivity index (χ4n) is 4.49. The number of halogens is 1. The first-order valence-corrected chi connectivity index (χ1v) is 8.77. The highest BCUT2D eigenvalue weighted by Gasteiger charge is 2.49. The van der Waals surface area contributed by atoms with Crippen LogP contribution < -0.4 is 4.74 Å². The lowest BCUT2D eigenvalue weighted by Crippen LogP contribution is -2.38. The van der Waals surface area contributed by atoms with E-state index in [2.05, 4.69) is 16.0 Å². The maximum absolute atomic E-state index is 14.1. The summed E-state index contributed by atoms with van der Waals surface area (Å²) in [5.74, 6) is -0.111. The van der Waals surface area contributed by atoms with Crippen LogP contribution in [-0.2, 0) is 17.9 Å². The molecule has 1 aromatic rings. The molecule has 2 heterocycles. The first-order valence-electron chi connectivity index (χ1n) is 8.77. The van der Waals surface area contributed by atoms with Gasteiger partial charge >= 0.3 is 0 Å². The Kier molecular flexibility index (Phi) is 4.19. The van der Waals surface area contributed by atoms with Crippen LogP contribution in [0.5, 0.6) is 5.75 Å². The lowest BCUT2D eigenvalue weighted by Gasteiger charge is -2.34. The Labute approximate surface area is 150 Å². The number of aliphatic hydroxyl groups is 2. The zero-order valence-electron chi connectivity index (χ0n) is 14.8. The number of oxime groups is 1. The van der Waals surface area contributed by atoms with Crippen molar-refractivity contribution < 1.29 is 23.9 Å². The second-order valence-corrected chi connectivity index (χ2v) is 7.30. The zero-order chi connectivity index (χ0) is 18.4. The summed E-state index contributed by atoms with van der Waals surface area (Å²) in [6, 6.07) is 2.74. The van der Waals surface area contributed by atoms with Gasteiger partial charge in [0.1, 0.15) is 17.3 Å². The Morgan fingerprint density at radius 1 is 1.46 bits per heavy atom. The van der Waals surface area contributed by atoms with Crippen LogP contribution in [0.4, 0.5) is 4.39 Å². The largest absolute Gasteiger partial charge is 0.427 e. The minimum absolute atomic E-state index is 0.0967. The fraction of sp³-hybridized carbons (Fsp3) is 0.474. The standard InChI is InChI=1S/C19H21FN2O4/c1-10-3-11(2)16-15(4-10)22(19(23)17(16)21-24)7-12-5-14(20)6-13-8-25-9-26-18(12)13/h3,5-6,11,15-16,24H,4,7-9H2,1-2H3/p+1/b21-17-. The number of likely N-dealkylation sites (tertiary alicyclic amines) is 1. The second-order valence-electron chi connectivity index (χ2n) is 7.30. The molecule has 4 rings (SSSR count). The predicted molar refractivity (Wildman–Crippen MR) is 92.4 cm³/mol. The van der Waals surface area contributed by atoms with E-state index >= 15 is 0 Å². The van der Waals surface area contributed by atoms with E-state index in [-0.39, 0.29) is 48.7 Å². The summed E-state index contributed by atoms with van der Waals surface area (Å²) in [4.78, 5) is 14.6. The van der Waals surface area contributed by atoms with Crippen molar-refractivity contribution >= 4 is 11.6 Å². The quantitative estimate of drug-likeness (QED) is 0.380. The molecule has 138 valence electrons. The number of amides is 1. The lowest BCUT2D eigenvalue weighted by atomic mass is 9.78. The summed E-state index contributed by atoms with van der Waals surface area (Å²) >= 11 is 0. The first kappa shape index (κ1) is 17.0. The minimum Gasteiger partial charge on any atom is -0.427 e. The van der Waals surface area contributed by atoms with Gasteiger partial charge in [-0.2, -0.15) is 0 Å². The van der Waals surface area contributed by atoms with E-state index < -0.39 is 0 Å². The maximum Gasteiger partial charge on any atom is 0.295 e. The molecule has 2 N–H and O–H groups in total. The maximum atomic E-state index is 14.1. The highest BCUT2D eigenvalue weighted by Crippen LogP contribution is 2.40. The van der Waals surface area contributed by atoms with E-state index in [9.17, 15) is 14.4 Å². The SMILES string of the molecule is CC1=CC(C)C2/C(=N/O)C(=O)N(Cc3cc(F)cc4c3OC[OH+]C4)C2C1. The van der Waals surface area contributed by atoms with E-state index in [1.54, 1.807) is 4.90 Å². The minimum atomic E-state index is -0.369. The Balaban J connectivity index is 1.71. The van der Waals surface area contributed by atoms with Gasteiger partial charge in [0.15, 0.2) is 6.61 Å². The molecule has 0 bridgehead atoms. The van der Waals surface area contributed by atoms with Crippen LogP contribution in [0.25, 0.3) is 0 Å². The molecule has 3 atom stereocenters. The molecular weight excluding hydrogens is 339 g/mol. The topological polar surface area (TPSA) is 74.9 Å². The van der Waals surface area contributed by atoms with Crippen molar-refractivity contribution in [1.29, 1.82) is 0 Å². The summed E-state index contributed by atoms with van der Waals surface area (Å²) in [5, 5.41) is 12.7. The summed E-state index contributed by atoms with van der Waals surface area (Å²) < 4.78 is 23.8. The van der Waals surface area contributed by atoms with Crippen molar-refractivity contribution in [2.24, 2.45) is 17.0 Å². The van der Waals surface area contributed by atoms with Gasteiger partial charge in [-0.1, -0.05) is 23.7 Å². The van der Waals surface area contributed by atoms with Crippen molar-refractivity contribution in [2.75, 3.05) is 6.79 Å². The number of rotatable bonds is 2. The molecule has 3 unspecified atom stereocenters. The zero-order valence-corrected chi connectivity index (χ0v) is 14.8. The number of carbonyl (C=O) groups is 1. The van der Waals surface area contributed by atoms with Gasteiger partial charge in [0.25, 0.3) is 12.7 Å². The molecule has 2 aliphatic heterocycles. The van der Waals surface area contributed by atoms with Gasteiger partial charge in [-0.25, -0.2) is 4.39 Å². The molecule has 0 aromatic heterocycles. The third-order valence-electron chi connectivity index (χ3n) is 5.49. The number of ether oxygens (including phenoxy) is 2. The molecule has 1 fully saturated rings. The average Bonchev–Trinajstić information content (AvgIpc) is 2.86. The Hall–Kier alpha value is -2.41. The first-order chi connectivity index (χ1) is 12.5. The summed E-state index contributed by atoms with van der Waals surface area (Å²) in [6.07, 6.45) is 2.84. The highest BCUT2D eigenvalue weighted by molar-refractivity contribution is 6.41. The number of allylic oxidation sites excluding steroid dienone is 1. The molecular formula is C19H22FN2O4+. The molecule has 3 aliphatic rings. The summed E-state index contributed by atoms with van der Waals surface area (Å²) in [5.41, 5.74) is 2.71. The van der Waals surface area contributed by atoms with Gasteiger partial charge in [-0.3, -0.25) is 4.79 Å². The van der Waals surface area contributed by atoms with Crippen molar-refractivity contribution in [3.63, 3.8) is 0 Å². The molecule has 0 radical (unpaired) electrons. The Morgan fingerprint density at radius 3 is 3.04 bits per heavy atom. The van der Waals surface area contributed by atoms with Crippen LogP contribution in [-0.4, -0.2) is 39.3 Å².